The van der Waals surface area contributed by atoms with Crippen molar-refractivity contribution in [2.24, 2.45) is 5.41 Å². The molecule has 0 N–H and O–H groups in total. The second-order valence-corrected chi connectivity index (χ2v) is 3.94. The number of ether oxygens (including phenoxy) is 2. The zero-order valence-corrected chi connectivity index (χ0v) is 11.8. The van der Waals surface area contributed by atoms with Crippen LogP contribution in [0.1, 0.15) is 34.1 Å². The van der Waals surface area contributed by atoms with E-state index < -0.39 is 5.41 Å². The Labute approximate surface area is 110 Å². The number of rotatable bonds is 6. The van der Waals surface area contributed by atoms with Crippen LogP contribution in [-0.4, -0.2) is 25.2 Å². The quantitative estimate of drug-likeness (QED) is 0.541. The lowest BCUT2D eigenvalue weighted by atomic mass is 9.94. The fraction of sp³-hybridized carbons (Fsp3) is 0.571. The molecule has 0 aromatic carbocycles. The highest BCUT2D eigenvalue weighted by Crippen LogP contribution is 2.17. The maximum atomic E-state index is 11.0. The first kappa shape index (κ1) is 18.8. The van der Waals surface area contributed by atoms with Crippen LogP contribution in [-0.2, 0) is 19.1 Å². The topological polar surface area (TPSA) is 52.6 Å². The second-order valence-electron chi connectivity index (χ2n) is 3.94. The average Bonchev–Trinajstić information content (AvgIpc) is 2.31. The number of esters is 2. The lowest BCUT2D eigenvalue weighted by Crippen LogP contribution is -2.23. The SMILES string of the molecule is C=CC(C)(C)C(=O)OCC.C=CCC(=O)OCC. The van der Waals surface area contributed by atoms with Crippen LogP contribution in [0, 0.1) is 5.41 Å². The molecular formula is C14H24O4. The van der Waals surface area contributed by atoms with Gasteiger partial charge in [-0.3, -0.25) is 9.59 Å². The number of hydrogen-bond acceptors (Lipinski definition) is 4. The maximum absolute atomic E-state index is 11.0. The molecule has 104 valence electrons. The van der Waals surface area contributed by atoms with Gasteiger partial charge in [0.1, 0.15) is 0 Å². The summed E-state index contributed by atoms with van der Waals surface area (Å²) in [6.07, 6.45) is 3.43. The van der Waals surface area contributed by atoms with E-state index in [9.17, 15) is 9.59 Å². The molecule has 0 fully saturated rings. The molecule has 0 saturated carbocycles. The molecule has 18 heavy (non-hydrogen) atoms. The largest absolute Gasteiger partial charge is 0.466 e. The summed E-state index contributed by atoms with van der Waals surface area (Å²) >= 11 is 0. The van der Waals surface area contributed by atoms with Crippen LogP contribution in [0.5, 0.6) is 0 Å². The van der Waals surface area contributed by atoms with Crippen LogP contribution >= 0.6 is 0 Å². The Kier molecular flexibility index (Phi) is 11.0. The van der Waals surface area contributed by atoms with E-state index in [1.807, 2.05) is 0 Å². The average molecular weight is 256 g/mol. The van der Waals surface area contributed by atoms with Gasteiger partial charge in [-0.2, -0.15) is 0 Å². The summed E-state index contributed by atoms with van der Waals surface area (Å²) in [7, 11) is 0. The highest BCUT2D eigenvalue weighted by atomic mass is 16.5. The first-order valence-corrected chi connectivity index (χ1v) is 5.93. The monoisotopic (exact) mass is 256 g/mol. The van der Waals surface area contributed by atoms with E-state index in [4.69, 9.17) is 4.74 Å². The molecule has 0 amide bonds. The molecule has 0 atom stereocenters. The second kappa shape index (κ2) is 10.6. The third-order valence-corrected chi connectivity index (χ3v) is 1.93. The fourth-order valence-corrected chi connectivity index (χ4v) is 0.738. The maximum Gasteiger partial charge on any atom is 0.315 e. The highest BCUT2D eigenvalue weighted by molar-refractivity contribution is 5.77. The van der Waals surface area contributed by atoms with Gasteiger partial charge in [0.2, 0.25) is 0 Å². The first-order valence-electron chi connectivity index (χ1n) is 5.93. The molecule has 0 bridgehead atoms. The summed E-state index contributed by atoms with van der Waals surface area (Å²) in [6, 6.07) is 0. The number of carbonyl (C=O) groups excluding carboxylic acids is 2. The van der Waals surface area contributed by atoms with Gasteiger partial charge in [0.25, 0.3) is 0 Å². The van der Waals surface area contributed by atoms with Gasteiger partial charge in [-0.15, -0.1) is 13.2 Å². The van der Waals surface area contributed by atoms with Gasteiger partial charge in [0.05, 0.1) is 25.0 Å². The van der Waals surface area contributed by atoms with Crippen LogP contribution in [0.2, 0.25) is 0 Å². The molecule has 0 heterocycles. The molecule has 0 spiro atoms. The zero-order valence-electron chi connectivity index (χ0n) is 11.8. The lowest BCUT2D eigenvalue weighted by molar-refractivity contribution is -0.150. The molecule has 4 heteroatoms. The van der Waals surface area contributed by atoms with Gasteiger partial charge in [-0.1, -0.05) is 12.2 Å². The molecule has 4 nitrogen and oxygen atoms in total. The molecule has 0 saturated heterocycles. The van der Waals surface area contributed by atoms with Crippen LogP contribution in [0.4, 0.5) is 0 Å². The van der Waals surface area contributed by atoms with E-state index in [-0.39, 0.29) is 11.9 Å². The van der Waals surface area contributed by atoms with Crippen LogP contribution < -0.4 is 0 Å². The van der Waals surface area contributed by atoms with Crippen LogP contribution in [0.3, 0.4) is 0 Å². The van der Waals surface area contributed by atoms with E-state index in [2.05, 4.69) is 17.9 Å². The van der Waals surface area contributed by atoms with Crippen molar-refractivity contribution in [3.05, 3.63) is 25.3 Å². The van der Waals surface area contributed by atoms with Crippen molar-refractivity contribution in [3.63, 3.8) is 0 Å². The highest BCUT2D eigenvalue weighted by Gasteiger charge is 2.24. The molecule has 0 unspecified atom stereocenters. The molecule has 0 aromatic heterocycles. The lowest BCUT2D eigenvalue weighted by Gasteiger charge is -2.16. The van der Waals surface area contributed by atoms with Gasteiger partial charge in [-0.25, -0.2) is 0 Å². The number of carbonyl (C=O) groups is 2. The standard InChI is InChI=1S/C8H14O2.C6H10O2/c1-5-8(3,4)7(9)10-6-2;1-3-5-6(7)8-4-2/h5H,1,6H2,2-4H3;3H,1,4-5H2,2H3. The van der Waals surface area contributed by atoms with E-state index in [1.165, 1.54) is 6.08 Å². The molecule has 0 aliphatic heterocycles. The minimum absolute atomic E-state index is 0.206. The van der Waals surface area contributed by atoms with E-state index in [0.29, 0.717) is 19.6 Å². The summed E-state index contributed by atoms with van der Waals surface area (Å²) in [5, 5.41) is 0. The minimum atomic E-state index is -0.546. The summed E-state index contributed by atoms with van der Waals surface area (Å²) in [6.45, 7) is 14.9. The summed E-state index contributed by atoms with van der Waals surface area (Å²) in [5.41, 5.74) is -0.546. The summed E-state index contributed by atoms with van der Waals surface area (Å²) in [4.78, 5) is 21.4. The summed E-state index contributed by atoms with van der Waals surface area (Å²) in [5.74, 6) is -0.424. The Bertz CT molecular complexity index is 280. The van der Waals surface area contributed by atoms with Crippen LogP contribution in [0.15, 0.2) is 25.3 Å². The van der Waals surface area contributed by atoms with Crippen molar-refractivity contribution >= 4 is 11.9 Å². The van der Waals surface area contributed by atoms with Crippen molar-refractivity contribution in [1.82, 2.24) is 0 Å². The third-order valence-electron chi connectivity index (χ3n) is 1.93. The molecule has 0 aliphatic rings. The van der Waals surface area contributed by atoms with Gasteiger partial charge in [0, 0.05) is 0 Å². The number of hydrogen-bond donors (Lipinski definition) is 0. The summed E-state index contributed by atoms with van der Waals surface area (Å²) < 4.78 is 9.36. The van der Waals surface area contributed by atoms with Crippen molar-refractivity contribution in [3.8, 4) is 0 Å². The Balaban J connectivity index is 0. The zero-order chi connectivity index (χ0) is 14.6. The smallest absolute Gasteiger partial charge is 0.315 e. The normalized spacial score (nSPS) is 9.56. The van der Waals surface area contributed by atoms with Crippen molar-refractivity contribution in [2.75, 3.05) is 13.2 Å². The molecule has 0 rings (SSSR count). The molecule has 0 aromatic rings. The van der Waals surface area contributed by atoms with Gasteiger partial charge in [0.15, 0.2) is 0 Å². The Morgan fingerprint density at radius 3 is 1.94 bits per heavy atom. The third kappa shape index (κ3) is 9.63. The Morgan fingerprint density at radius 1 is 1.11 bits per heavy atom. The molecular weight excluding hydrogens is 232 g/mol. The van der Waals surface area contributed by atoms with Gasteiger partial charge >= 0.3 is 11.9 Å². The van der Waals surface area contributed by atoms with Crippen LogP contribution in [0.25, 0.3) is 0 Å². The first-order chi connectivity index (χ1) is 8.35. The predicted octanol–water partition coefficient (Wildman–Crippen LogP) is 2.89. The van der Waals surface area contributed by atoms with Crippen molar-refractivity contribution in [2.45, 2.75) is 34.1 Å². The van der Waals surface area contributed by atoms with E-state index in [1.54, 1.807) is 33.8 Å². The minimum Gasteiger partial charge on any atom is -0.466 e. The van der Waals surface area contributed by atoms with E-state index in [0.717, 1.165) is 0 Å². The van der Waals surface area contributed by atoms with E-state index >= 15 is 0 Å². The fourth-order valence-electron chi connectivity index (χ4n) is 0.738. The van der Waals surface area contributed by atoms with Gasteiger partial charge in [-0.05, 0) is 27.7 Å². The van der Waals surface area contributed by atoms with Crippen molar-refractivity contribution in [1.29, 1.82) is 0 Å². The van der Waals surface area contributed by atoms with Crippen molar-refractivity contribution < 1.29 is 19.1 Å². The molecule has 0 aliphatic carbocycles. The van der Waals surface area contributed by atoms with Gasteiger partial charge < -0.3 is 9.47 Å². The Morgan fingerprint density at radius 2 is 1.61 bits per heavy atom. The molecule has 0 radical (unpaired) electrons. The predicted molar refractivity (Wildman–Crippen MR) is 72.1 cm³/mol. The Hall–Kier alpha value is -1.58.